The first-order chi connectivity index (χ1) is 14.6. The van der Waals surface area contributed by atoms with Crippen LogP contribution in [0.3, 0.4) is 0 Å². The number of benzene rings is 2. The second-order valence-corrected chi connectivity index (χ2v) is 10.3. The lowest BCUT2D eigenvalue weighted by Crippen LogP contribution is -2.36. The van der Waals surface area contributed by atoms with Crippen LogP contribution in [0, 0.1) is 6.92 Å². The van der Waals surface area contributed by atoms with Crippen molar-refractivity contribution in [3.05, 3.63) is 63.6 Å². The van der Waals surface area contributed by atoms with Crippen molar-refractivity contribution in [3.63, 3.8) is 0 Å². The zero-order valence-electron chi connectivity index (χ0n) is 16.4. The lowest BCUT2D eigenvalue weighted by atomic mass is 10.2. The van der Waals surface area contributed by atoms with Crippen molar-refractivity contribution >= 4 is 55.6 Å². The average Bonchev–Trinajstić information content (AvgIpc) is 3.16. The highest BCUT2D eigenvalue weighted by Crippen LogP contribution is 2.24. The van der Waals surface area contributed by atoms with E-state index in [-0.39, 0.29) is 26.7 Å². The van der Waals surface area contributed by atoms with Crippen molar-refractivity contribution < 1.29 is 17.9 Å². The number of hydrogen-bond acceptors (Lipinski definition) is 7. The normalized spacial score (nSPS) is 12.4. The summed E-state index contributed by atoms with van der Waals surface area (Å²) in [6, 6.07) is 11.3. The van der Waals surface area contributed by atoms with Gasteiger partial charge in [0.1, 0.15) is 12.4 Å². The van der Waals surface area contributed by atoms with Crippen LogP contribution in [0.1, 0.15) is 22.8 Å². The van der Waals surface area contributed by atoms with Gasteiger partial charge in [0.2, 0.25) is 9.47 Å². The molecule has 12 heteroatoms. The number of nitrogens with one attached hydrogen (secondary N) is 2. The summed E-state index contributed by atoms with van der Waals surface area (Å²) in [7, 11) is -3.94. The molecular weight excluding hydrogens is 483 g/mol. The molecule has 0 saturated carbocycles. The standard InChI is InChI=1S/C19H18Cl2N4O4S2/c1-11-3-6-14(7-4-11)29-10-12(2)25-31(27,28)19-24-23-18(30-19)22-17(26)15-8-5-13(20)9-16(15)21/h3-9,12,25H,10H2,1-2H3,(H,22,23,26)/t12-/m0/s1. The zero-order valence-corrected chi connectivity index (χ0v) is 19.6. The zero-order chi connectivity index (χ0) is 22.6. The molecule has 0 saturated heterocycles. The Morgan fingerprint density at radius 3 is 2.55 bits per heavy atom. The Morgan fingerprint density at radius 1 is 1.16 bits per heavy atom. The summed E-state index contributed by atoms with van der Waals surface area (Å²) >= 11 is 12.5. The minimum absolute atomic E-state index is 0.0138. The Hall–Kier alpha value is -2.24. The van der Waals surface area contributed by atoms with Crippen LogP contribution in [0.4, 0.5) is 5.13 Å². The minimum atomic E-state index is -3.94. The van der Waals surface area contributed by atoms with Gasteiger partial charge >= 0.3 is 0 Å². The maximum Gasteiger partial charge on any atom is 0.270 e. The van der Waals surface area contributed by atoms with Gasteiger partial charge in [-0.25, -0.2) is 13.1 Å². The van der Waals surface area contributed by atoms with Crippen molar-refractivity contribution in [1.82, 2.24) is 14.9 Å². The fourth-order valence-corrected chi connectivity index (χ4v) is 5.05. The number of aryl methyl sites for hydroxylation is 1. The summed E-state index contributed by atoms with van der Waals surface area (Å²) in [5, 5.41) is 10.4. The third-order valence-corrected chi connectivity index (χ3v) is 7.25. The van der Waals surface area contributed by atoms with Crippen molar-refractivity contribution in [3.8, 4) is 5.75 Å². The van der Waals surface area contributed by atoms with E-state index in [9.17, 15) is 13.2 Å². The quantitative estimate of drug-likeness (QED) is 0.449. The maximum atomic E-state index is 12.6. The highest BCUT2D eigenvalue weighted by molar-refractivity contribution is 7.91. The van der Waals surface area contributed by atoms with Gasteiger partial charge in [0.15, 0.2) is 0 Å². The molecule has 0 aliphatic rings. The molecule has 0 aliphatic carbocycles. The van der Waals surface area contributed by atoms with Crippen LogP contribution >= 0.6 is 34.5 Å². The summed E-state index contributed by atoms with van der Waals surface area (Å²) in [4.78, 5) is 12.3. The highest BCUT2D eigenvalue weighted by Gasteiger charge is 2.24. The van der Waals surface area contributed by atoms with Crippen LogP contribution < -0.4 is 14.8 Å². The van der Waals surface area contributed by atoms with Crippen LogP contribution in [0.25, 0.3) is 0 Å². The molecule has 3 rings (SSSR count). The van der Waals surface area contributed by atoms with Gasteiger partial charge in [-0.05, 0) is 44.2 Å². The molecule has 1 heterocycles. The minimum Gasteiger partial charge on any atom is -0.492 e. The van der Waals surface area contributed by atoms with Crippen molar-refractivity contribution in [2.45, 2.75) is 24.2 Å². The Bertz CT molecular complexity index is 1180. The third-order valence-electron chi connectivity index (χ3n) is 3.91. The molecule has 0 aliphatic heterocycles. The highest BCUT2D eigenvalue weighted by atomic mass is 35.5. The van der Waals surface area contributed by atoms with Crippen molar-refractivity contribution in [1.29, 1.82) is 0 Å². The molecule has 2 aromatic carbocycles. The predicted octanol–water partition coefficient (Wildman–Crippen LogP) is 4.15. The Morgan fingerprint density at radius 2 is 1.87 bits per heavy atom. The van der Waals surface area contributed by atoms with Crippen LogP contribution in [-0.2, 0) is 10.0 Å². The number of ether oxygens (including phenoxy) is 1. The van der Waals surface area contributed by atoms with E-state index < -0.39 is 22.0 Å². The van der Waals surface area contributed by atoms with Gasteiger partial charge in [0.05, 0.1) is 16.6 Å². The molecule has 2 N–H and O–H groups in total. The van der Waals surface area contributed by atoms with Gasteiger partial charge in [0, 0.05) is 5.02 Å². The Kier molecular flexibility index (Phi) is 7.50. The van der Waals surface area contributed by atoms with E-state index in [1.807, 2.05) is 31.2 Å². The van der Waals surface area contributed by atoms with Crippen molar-refractivity contribution in [2.75, 3.05) is 11.9 Å². The number of halogens is 2. The van der Waals surface area contributed by atoms with Crippen molar-refractivity contribution in [2.24, 2.45) is 0 Å². The summed E-state index contributed by atoms with van der Waals surface area (Å²) < 4.78 is 32.9. The number of carbonyl (C=O) groups is 1. The number of carbonyl (C=O) groups excluding carboxylic acids is 1. The molecule has 1 atom stereocenters. The van der Waals surface area contributed by atoms with E-state index in [2.05, 4.69) is 20.2 Å². The summed E-state index contributed by atoms with van der Waals surface area (Å²) in [6.45, 7) is 3.75. The molecule has 0 bridgehead atoms. The number of anilines is 1. The summed E-state index contributed by atoms with van der Waals surface area (Å²) in [6.07, 6.45) is 0. The molecule has 3 aromatic rings. The molecular formula is C19H18Cl2N4O4S2. The predicted molar refractivity (Wildman–Crippen MR) is 121 cm³/mol. The first kappa shape index (κ1) is 23.4. The van der Waals surface area contributed by atoms with E-state index in [4.69, 9.17) is 27.9 Å². The molecule has 0 spiro atoms. The second-order valence-electron chi connectivity index (χ2n) is 6.60. The lowest BCUT2D eigenvalue weighted by molar-refractivity contribution is 0.102. The van der Waals surface area contributed by atoms with E-state index >= 15 is 0 Å². The number of hydrogen-bond donors (Lipinski definition) is 2. The first-order valence-corrected chi connectivity index (χ1v) is 12.0. The average molecular weight is 501 g/mol. The third kappa shape index (κ3) is 6.37. The topological polar surface area (TPSA) is 110 Å². The van der Waals surface area contributed by atoms with E-state index in [1.165, 1.54) is 18.2 Å². The molecule has 0 radical (unpaired) electrons. The number of rotatable bonds is 8. The van der Waals surface area contributed by atoms with Gasteiger partial charge in [-0.1, -0.05) is 52.2 Å². The molecule has 31 heavy (non-hydrogen) atoms. The van der Waals surface area contributed by atoms with E-state index in [0.29, 0.717) is 22.1 Å². The van der Waals surface area contributed by atoms with Gasteiger partial charge in [-0.3, -0.25) is 10.1 Å². The number of amides is 1. The fraction of sp³-hybridized carbons (Fsp3) is 0.211. The lowest BCUT2D eigenvalue weighted by Gasteiger charge is -2.14. The molecule has 1 aromatic heterocycles. The van der Waals surface area contributed by atoms with Gasteiger partial charge < -0.3 is 4.74 Å². The summed E-state index contributed by atoms with van der Waals surface area (Å²) in [5.41, 5.74) is 1.27. The SMILES string of the molecule is Cc1ccc(OC[C@H](C)NS(=O)(=O)c2nnc(NC(=O)c3ccc(Cl)cc3Cl)s2)cc1. The Labute approximate surface area is 193 Å². The number of nitrogens with zero attached hydrogens (tertiary/aromatic N) is 2. The van der Waals surface area contributed by atoms with Gasteiger partial charge in [0.25, 0.3) is 15.9 Å². The molecule has 1 amide bonds. The van der Waals surface area contributed by atoms with E-state index in [0.717, 1.165) is 5.56 Å². The largest absolute Gasteiger partial charge is 0.492 e. The maximum absolute atomic E-state index is 12.6. The Balaban J connectivity index is 1.60. The molecule has 8 nitrogen and oxygen atoms in total. The fourth-order valence-electron chi connectivity index (χ4n) is 2.41. The first-order valence-electron chi connectivity index (χ1n) is 8.96. The monoisotopic (exact) mass is 500 g/mol. The number of aromatic nitrogens is 2. The van der Waals surface area contributed by atoms with Gasteiger partial charge in [-0.2, -0.15) is 0 Å². The number of sulfonamides is 1. The second kappa shape index (κ2) is 9.92. The van der Waals surface area contributed by atoms with Crippen LogP contribution in [0.5, 0.6) is 5.75 Å². The van der Waals surface area contributed by atoms with Crippen LogP contribution in [-0.4, -0.2) is 37.2 Å². The molecule has 164 valence electrons. The smallest absolute Gasteiger partial charge is 0.270 e. The molecule has 0 fully saturated rings. The summed E-state index contributed by atoms with van der Waals surface area (Å²) in [5.74, 6) is 0.0769. The van der Waals surface area contributed by atoms with E-state index in [1.54, 1.807) is 6.92 Å². The van der Waals surface area contributed by atoms with Gasteiger partial charge in [-0.15, -0.1) is 10.2 Å². The van der Waals surface area contributed by atoms with Crippen LogP contribution in [0.15, 0.2) is 46.8 Å². The molecule has 0 unspecified atom stereocenters. The van der Waals surface area contributed by atoms with Crippen LogP contribution in [0.2, 0.25) is 10.0 Å².